The molecule has 0 aliphatic heterocycles. The van der Waals surface area contributed by atoms with Gasteiger partial charge in [0.2, 0.25) is 0 Å². The average Bonchev–Trinajstić information content (AvgIpc) is 3.23. The van der Waals surface area contributed by atoms with Crippen LogP contribution in [-0.2, 0) is 0 Å². The molecule has 2 heterocycles. The van der Waals surface area contributed by atoms with Gasteiger partial charge in [0.1, 0.15) is 5.82 Å². The fourth-order valence-electron chi connectivity index (χ4n) is 4.09. The summed E-state index contributed by atoms with van der Waals surface area (Å²) in [4.78, 5) is 21.1. The second-order valence-corrected chi connectivity index (χ2v) is 7.77. The van der Waals surface area contributed by atoms with Crippen LogP contribution >= 0.6 is 0 Å². The van der Waals surface area contributed by atoms with Crippen LogP contribution in [0.1, 0.15) is 44.9 Å². The minimum Gasteiger partial charge on any atom is -0.354 e. The summed E-state index contributed by atoms with van der Waals surface area (Å²) in [5, 5.41) is 16.9. The fourth-order valence-corrected chi connectivity index (χ4v) is 4.09. The first kappa shape index (κ1) is 20.5. The van der Waals surface area contributed by atoms with E-state index in [0.717, 1.165) is 30.6 Å². The van der Waals surface area contributed by atoms with E-state index < -0.39 is 0 Å². The number of urea groups is 1. The summed E-state index contributed by atoms with van der Waals surface area (Å²) in [6, 6.07) is 15.6. The lowest BCUT2D eigenvalue weighted by atomic mass is 9.94. The Hall–Kier alpha value is -3.74. The predicted molar refractivity (Wildman–Crippen MR) is 128 cm³/mol. The van der Waals surface area contributed by atoms with Gasteiger partial charge in [-0.3, -0.25) is 10.3 Å². The smallest absolute Gasteiger partial charge is 0.320 e. The minimum atomic E-state index is -0.276. The van der Waals surface area contributed by atoms with Crippen molar-refractivity contribution < 1.29 is 7.65 Å². The van der Waals surface area contributed by atoms with E-state index >= 15 is 0 Å². The molecule has 2 aromatic heterocycles. The number of benzene rings is 1. The molecule has 0 unspecified atom stereocenters. The molecule has 162 valence electrons. The number of nitrogens with one attached hydrogen (secondary N) is 4. The van der Waals surface area contributed by atoms with Crippen LogP contribution in [0.4, 0.5) is 22.0 Å². The Bertz CT molecular complexity index is 1080. The van der Waals surface area contributed by atoms with Crippen LogP contribution in [0.3, 0.4) is 0 Å². The highest BCUT2D eigenvalue weighted by Crippen LogP contribution is 2.34. The number of rotatable bonds is 6. The maximum absolute atomic E-state index is 12.6. The van der Waals surface area contributed by atoms with Crippen molar-refractivity contribution in [3.63, 3.8) is 0 Å². The normalized spacial score (nSPS) is 17.7. The van der Waals surface area contributed by atoms with Crippen LogP contribution in [0, 0.1) is 12.3 Å². The van der Waals surface area contributed by atoms with Gasteiger partial charge in [-0.25, -0.2) is 9.78 Å². The van der Waals surface area contributed by atoms with Gasteiger partial charge in [-0.1, -0.05) is 36.8 Å². The summed E-state index contributed by atoms with van der Waals surface area (Å²) >= 11 is 0. The molecule has 2 atom stereocenters. The van der Waals surface area contributed by atoms with Crippen LogP contribution in [0.25, 0.3) is 0 Å². The van der Waals surface area contributed by atoms with Gasteiger partial charge in [0.25, 0.3) is 0 Å². The van der Waals surface area contributed by atoms with Gasteiger partial charge in [0.05, 0.1) is 11.9 Å². The Morgan fingerprint density at radius 2 is 2.00 bits per heavy atom. The molecule has 1 saturated carbocycles. The quantitative estimate of drug-likeness (QED) is 0.398. The highest BCUT2D eigenvalue weighted by atomic mass is 16.2. The van der Waals surface area contributed by atoms with Crippen molar-refractivity contribution in [3.05, 3.63) is 77.7 Å². The Morgan fingerprint density at radius 3 is 2.77 bits per heavy atom. The van der Waals surface area contributed by atoms with Crippen LogP contribution in [0.15, 0.2) is 60.9 Å². The largest absolute Gasteiger partial charge is 0.354 e. The molecule has 2 amide bonds. The van der Waals surface area contributed by atoms with Gasteiger partial charge < -0.3 is 16.0 Å². The molecule has 7 nitrogen and oxygen atoms in total. The van der Waals surface area contributed by atoms with Crippen molar-refractivity contribution in [2.45, 2.75) is 38.1 Å². The molecule has 4 N–H and O–H groups in total. The van der Waals surface area contributed by atoms with Crippen LogP contribution < -0.4 is 16.0 Å². The third kappa shape index (κ3) is 5.06. The first-order chi connectivity index (χ1) is 15.1. The van der Waals surface area contributed by atoms with Crippen molar-refractivity contribution in [1.29, 1.82) is 5.41 Å². The molecule has 0 spiro atoms. The molecule has 1 aromatic carbocycles. The summed E-state index contributed by atoms with van der Waals surface area (Å²) in [5.74, 6) is 0.731. The Morgan fingerprint density at radius 1 is 1.16 bits per heavy atom. The number of pyridine rings is 2. The SMILES string of the molecule is Cc1cc(Nc2cnc(NC(=O)N[C@H]3CCC[C@@H]3c3ccccc3)cc2C=N)ccn1.[HH].[HH]. The Balaban J connectivity index is 0.00000193. The first-order valence-electron chi connectivity index (χ1n) is 10.4. The monoisotopic (exact) mass is 418 g/mol. The maximum Gasteiger partial charge on any atom is 0.320 e. The zero-order chi connectivity index (χ0) is 21.6. The molecule has 0 radical (unpaired) electrons. The molecule has 31 heavy (non-hydrogen) atoms. The van der Waals surface area contributed by atoms with E-state index in [1.165, 1.54) is 11.8 Å². The number of carbonyl (C=O) groups excluding carboxylic acids is 1. The highest BCUT2D eigenvalue weighted by molar-refractivity contribution is 5.92. The van der Waals surface area contributed by atoms with E-state index in [0.29, 0.717) is 23.0 Å². The molecule has 1 aliphatic carbocycles. The predicted octanol–water partition coefficient (Wildman–Crippen LogP) is 5.48. The number of hydrogen-bond donors (Lipinski definition) is 4. The highest BCUT2D eigenvalue weighted by Gasteiger charge is 2.29. The third-order valence-corrected chi connectivity index (χ3v) is 5.57. The van der Waals surface area contributed by atoms with Crippen LogP contribution in [-0.4, -0.2) is 28.3 Å². The van der Waals surface area contributed by atoms with Crippen molar-refractivity contribution in [1.82, 2.24) is 15.3 Å². The molecule has 0 bridgehead atoms. The molecule has 1 aliphatic rings. The average molecular weight is 419 g/mol. The van der Waals surface area contributed by atoms with Gasteiger partial charge in [0.15, 0.2) is 0 Å². The second kappa shape index (κ2) is 9.38. The number of carbonyl (C=O) groups is 1. The van der Waals surface area contributed by atoms with Crippen LogP contribution in [0.5, 0.6) is 0 Å². The van der Waals surface area contributed by atoms with E-state index in [4.69, 9.17) is 5.41 Å². The zero-order valence-corrected chi connectivity index (χ0v) is 17.4. The van der Waals surface area contributed by atoms with Crippen LogP contribution in [0.2, 0.25) is 0 Å². The fraction of sp³-hybridized carbons (Fsp3) is 0.250. The number of aryl methyl sites for hydroxylation is 1. The lowest BCUT2D eigenvalue weighted by molar-refractivity contribution is 0.247. The summed E-state index contributed by atoms with van der Waals surface area (Å²) in [5.41, 5.74) is 4.33. The molecule has 3 aromatic rings. The van der Waals surface area contributed by atoms with Gasteiger partial charge in [-0.2, -0.15) is 0 Å². The first-order valence-corrected chi connectivity index (χ1v) is 10.4. The topological polar surface area (TPSA) is 103 Å². The van der Waals surface area contributed by atoms with Gasteiger partial charge in [-0.15, -0.1) is 0 Å². The van der Waals surface area contributed by atoms with Crippen molar-refractivity contribution >= 4 is 29.4 Å². The van der Waals surface area contributed by atoms with Gasteiger partial charge in [-0.05, 0) is 43.5 Å². The van der Waals surface area contributed by atoms with E-state index in [-0.39, 0.29) is 14.9 Å². The molecule has 7 heteroatoms. The van der Waals surface area contributed by atoms with Crippen molar-refractivity contribution in [2.24, 2.45) is 0 Å². The molecule has 0 saturated heterocycles. The van der Waals surface area contributed by atoms with Crippen molar-refractivity contribution in [2.75, 3.05) is 10.6 Å². The standard InChI is InChI=1S/C24H26N6O.2H2/c1-16-12-19(10-11-26-16)28-22-15-27-23(13-18(22)14-25)30-24(31)29-21-9-5-8-20(21)17-6-3-2-4-7-17;;/h2-4,6-7,10-15,20-21,25H,5,8-9H2,1H3,(H,26,28)(H2,27,29,30,31);2*1H/t20-,21+;;/m1../s1. The van der Waals surface area contributed by atoms with E-state index in [1.54, 1.807) is 18.5 Å². The second-order valence-electron chi connectivity index (χ2n) is 7.77. The van der Waals surface area contributed by atoms with Crippen molar-refractivity contribution in [3.8, 4) is 0 Å². The summed E-state index contributed by atoms with van der Waals surface area (Å²) in [6.07, 6.45) is 7.70. The number of anilines is 3. The zero-order valence-electron chi connectivity index (χ0n) is 17.4. The summed E-state index contributed by atoms with van der Waals surface area (Å²) < 4.78 is 0. The number of nitrogens with zero attached hydrogens (tertiary/aromatic N) is 2. The molecule has 4 rings (SSSR count). The number of amides is 2. The summed E-state index contributed by atoms with van der Waals surface area (Å²) in [6.45, 7) is 1.92. The number of aromatic nitrogens is 2. The van der Waals surface area contributed by atoms with E-state index in [1.807, 2.05) is 37.3 Å². The number of hydrogen-bond acceptors (Lipinski definition) is 5. The third-order valence-electron chi connectivity index (χ3n) is 5.57. The lowest BCUT2D eigenvalue weighted by Gasteiger charge is -2.21. The maximum atomic E-state index is 12.6. The summed E-state index contributed by atoms with van der Waals surface area (Å²) in [7, 11) is 0. The molecular weight excluding hydrogens is 388 g/mol. The van der Waals surface area contributed by atoms with E-state index in [9.17, 15) is 4.79 Å². The Labute approximate surface area is 184 Å². The van der Waals surface area contributed by atoms with Gasteiger partial charge >= 0.3 is 6.03 Å². The van der Waals surface area contributed by atoms with Gasteiger partial charge in [0, 0.05) is 44.2 Å². The van der Waals surface area contributed by atoms with E-state index in [2.05, 4.69) is 38.1 Å². The molecule has 1 fully saturated rings. The lowest BCUT2D eigenvalue weighted by Crippen LogP contribution is -2.39. The minimum absolute atomic E-state index is 0. The molecular formula is C24H30N6O. The Kier molecular flexibility index (Phi) is 6.21.